The molecular weight excluding hydrogens is 268 g/mol. The monoisotopic (exact) mass is 288 g/mol. The van der Waals surface area contributed by atoms with Crippen LogP contribution in [0.15, 0.2) is 27.3 Å². The minimum atomic E-state index is 0.151. The molecular formula is C16H20N2O3. The third-order valence-electron chi connectivity index (χ3n) is 4.35. The molecule has 0 unspecified atom stereocenters. The van der Waals surface area contributed by atoms with Crippen molar-refractivity contribution in [3.05, 3.63) is 41.2 Å². The Morgan fingerprint density at radius 1 is 1.29 bits per heavy atom. The highest BCUT2D eigenvalue weighted by molar-refractivity contribution is 5.18. The molecule has 1 fully saturated rings. The summed E-state index contributed by atoms with van der Waals surface area (Å²) in [6, 6.07) is 4.15. The second kappa shape index (κ2) is 5.66. The van der Waals surface area contributed by atoms with Crippen LogP contribution < -0.4 is 0 Å². The first-order valence-electron chi connectivity index (χ1n) is 7.73. The molecule has 2 aliphatic heterocycles. The molecule has 4 rings (SSSR count). The molecule has 1 saturated heterocycles. The third-order valence-corrected chi connectivity index (χ3v) is 4.35. The lowest BCUT2D eigenvalue weighted by Crippen LogP contribution is -2.29. The molecule has 5 nitrogen and oxygen atoms in total. The number of hydrogen-bond donors (Lipinski definition) is 0. The van der Waals surface area contributed by atoms with E-state index in [1.165, 1.54) is 18.4 Å². The Labute approximate surface area is 123 Å². The molecule has 0 spiro atoms. The number of rotatable bonds is 3. The lowest BCUT2D eigenvalue weighted by atomic mass is 10.1. The summed E-state index contributed by atoms with van der Waals surface area (Å²) in [7, 11) is 0. The first kappa shape index (κ1) is 13.1. The average molecular weight is 288 g/mol. The zero-order valence-electron chi connectivity index (χ0n) is 12.1. The average Bonchev–Trinajstić information content (AvgIpc) is 3.17. The minimum Gasteiger partial charge on any atom is -0.462 e. The van der Waals surface area contributed by atoms with E-state index in [0.717, 1.165) is 56.3 Å². The maximum absolute atomic E-state index is 5.99. The van der Waals surface area contributed by atoms with Gasteiger partial charge in [0, 0.05) is 31.7 Å². The van der Waals surface area contributed by atoms with E-state index in [1.807, 2.05) is 0 Å². The molecule has 0 bridgehead atoms. The van der Waals surface area contributed by atoms with E-state index >= 15 is 0 Å². The molecule has 0 aliphatic carbocycles. The van der Waals surface area contributed by atoms with E-state index in [-0.39, 0.29) is 6.10 Å². The third kappa shape index (κ3) is 2.76. The number of furan rings is 1. The molecule has 1 atom stereocenters. The largest absolute Gasteiger partial charge is 0.462 e. The number of nitrogens with zero attached hydrogens (tertiary/aromatic N) is 2. The van der Waals surface area contributed by atoms with Gasteiger partial charge in [0.1, 0.15) is 23.9 Å². The lowest BCUT2D eigenvalue weighted by molar-refractivity contribution is 0.000799. The van der Waals surface area contributed by atoms with Crippen molar-refractivity contribution in [2.45, 2.75) is 44.9 Å². The molecule has 0 radical (unpaired) electrons. The van der Waals surface area contributed by atoms with Crippen molar-refractivity contribution < 1.29 is 13.7 Å². The van der Waals surface area contributed by atoms with E-state index < -0.39 is 0 Å². The van der Waals surface area contributed by atoms with Crippen LogP contribution in [0.3, 0.4) is 0 Å². The first-order chi connectivity index (χ1) is 10.4. The van der Waals surface area contributed by atoms with Gasteiger partial charge in [0.25, 0.3) is 0 Å². The predicted molar refractivity (Wildman–Crippen MR) is 75.6 cm³/mol. The van der Waals surface area contributed by atoms with Crippen LogP contribution in [0.25, 0.3) is 0 Å². The van der Waals surface area contributed by atoms with Crippen LogP contribution in [-0.4, -0.2) is 23.2 Å². The lowest BCUT2D eigenvalue weighted by Gasteiger charge is -2.24. The molecule has 0 amide bonds. The Balaban J connectivity index is 1.40. The van der Waals surface area contributed by atoms with Gasteiger partial charge in [-0.05, 0) is 31.4 Å². The molecule has 21 heavy (non-hydrogen) atoms. The van der Waals surface area contributed by atoms with E-state index in [0.29, 0.717) is 0 Å². The van der Waals surface area contributed by atoms with Crippen LogP contribution in [-0.2, 0) is 24.2 Å². The Kier molecular flexibility index (Phi) is 3.53. The normalized spacial score (nSPS) is 23.1. The van der Waals surface area contributed by atoms with E-state index in [1.54, 1.807) is 6.26 Å². The van der Waals surface area contributed by atoms with Gasteiger partial charge in [-0.2, -0.15) is 0 Å². The molecule has 5 heteroatoms. The van der Waals surface area contributed by atoms with Crippen molar-refractivity contribution in [3.63, 3.8) is 0 Å². The van der Waals surface area contributed by atoms with E-state index in [9.17, 15) is 0 Å². The Hall–Kier alpha value is -1.59. The second-order valence-electron chi connectivity index (χ2n) is 5.91. The molecule has 4 heterocycles. The van der Waals surface area contributed by atoms with Crippen LogP contribution in [0, 0.1) is 0 Å². The Bertz CT molecular complexity index is 598. The molecule has 0 aromatic carbocycles. The highest BCUT2D eigenvalue weighted by Gasteiger charge is 2.22. The molecule has 112 valence electrons. The molecule has 2 aromatic rings. The van der Waals surface area contributed by atoms with Crippen LogP contribution >= 0.6 is 0 Å². The van der Waals surface area contributed by atoms with E-state index in [4.69, 9.17) is 13.7 Å². The Morgan fingerprint density at radius 3 is 3.19 bits per heavy atom. The van der Waals surface area contributed by atoms with Crippen molar-refractivity contribution in [3.8, 4) is 0 Å². The smallest absolute Gasteiger partial charge is 0.133 e. The molecule has 0 saturated carbocycles. The van der Waals surface area contributed by atoms with Gasteiger partial charge < -0.3 is 13.7 Å². The zero-order chi connectivity index (χ0) is 14.1. The highest BCUT2D eigenvalue weighted by atomic mass is 16.5. The summed E-state index contributed by atoms with van der Waals surface area (Å²) < 4.78 is 16.8. The quantitative estimate of drug-likeness (QED) is 0.868. The fourth-order valence-corrected chi connectivity index (χ4v) is 3.17. The number of fused-ring (bicyclic) bond motifs is 1. The van der Waals surface area contributed by atoms with Crippen molar-refractivity contribution in [1.82, 2.24) is 10.1 Å². The van der Waals surface area contributed by atoms with Crippen molar-refractivity contribution in [1.29, 1.82) is 0 Å². The SMILES string of the molecule is c1cc([C@H]2CCCCO2)oc1CN1CCc2nocc2C1. The van der Waals surface area contributed by atoms with Crippen LogP contribution in [0.5, 0.6) is 0 Å². The summed E-state index contributed by atoms with van der Waals surface area (Å²) in [5, 5.41) is 4.02. The minimum absolute atomic E-state index is 0.151. The summed E-state index contributed by atoms with van der Waals surface area (Å²) in [6.45, 7) is 3.56. The first-order valence-corrected chi connectivity index (χ1v) is 7.73. The fourth-order valence-electron chi connectivity index (χ4n) is 3.17. The van der Waals surface area contributed by atoms with Gasteiger partial charge in [-0.15, -0.1) is 0 Å². The summed E-state index contributed by atoms with van der Waals surface area (Å²) in [4.78, 5) is 2.36. The van der Waals surface area contributed by atoms with Crippen LogP contribution in [0.1, 0.15) is 48.1 Å². The predicted octanol–water partition coefficient (Wildman–Crippen LogP) is 3.07. The van der Waals surface area contributed by atoms with Gasteiger partial charge in [0.15, 0.2) is 0 Å². The highest BCUT2D eigenvalue weighted by Crippen LogP contribution is 2.29. The van der Waals surface area contributed by atoms with Crippen molar-refractivity contribution in [2.24, 2.45) is 0 Å². The summed E-state index contributed by atoms with van der Waals surface area (Å²) in [5.41, 5.74) is 2.30. The van der Waals surface area contributed by atoms with Gasteiger partial charge in [0.2, 0.25) is 0 Å². The van der Waals surface area contributed by atoms with Gasteiger partial charge in [0.05, 0.1) is 12.2 Å². The number of hydrogen-bond acceptors (Lipinski definition) is 5. The summed E-state index contributed by atoms with van der Waals surface area (Å²) in [5.74, 6) is 1.99. The maximum atomic E-state index is 5.99. The van der Waals surface area contributed by atoms with Gasteiger partial charge in [-0.3, -0.25) is 4.90 Å². The van der Waals surface area contributed by atoms with Gasteiger partial charge >= 0.3 is 0 Å². The van der Waals surface area contributed by atoms with Crippen LogP contribution in [0.4, 0.5) is 0 Å². The standard InChI is InChI=1S/C16H20N2O3/c1-2-8-19-15(3-1)16-5-4-13(21-16)10-18-7-6-14-12(9-18)11-20-17-14/h4-5,11,15H,1-3,6-10H2/t15-/m1/s1. The van der Waals surface area contributed by atoms with Crippen molar-refractivity contribution in [2.75, 3.05) is 13.2 Å². The molecule has 0 N–H and O–H groups in total. The summed E-state index contributed by atoms with van der Waals surface area (Å²) in [6.07, 6.45) is 6.32. The fraction of sp³-hybridized carbons (Fsp3) is 0.562. The zero-order valence-corrected chi connectivity index (χ0v) is 12.1. The molecule has 2 aromatic heterocycles. The number of ether oxygens (including phenoxy) is 1. The van der Waals surface area contributed by atoms with Crippen LogP contribution in [0.2, 0.25) is 0 Å². The second-order valence-corrected chi connectivity index (χ2v) is 5.91. The van der Waals surface area contributed by atoms with Gasteiger partial charge in [-0.1, -0.05) is 5.16 Å². The van der Waals surface area contributed by atoms with E-state index in [2.05, 4.69) is 22.2 Å². The Morgan fingerprint density at radius 2 is 2.29 bits per heavy atom. The topological polar surface area (TPSA) is 51.6 Å². The maximum Gasteiger partial charge on any atom is 0.133 e. The van der Waals surface area contributed by atoms with Crippen molar-refractivity contribution >= 4 is 0 Å². The summed E-state index contributed by atoms with van der Waals surface area (Å²) >= 11 is 0. The number of aromatic nitrogens is 1. The van der Waals surface area contributed by atoms with Gasteiger partial charge in [-0.25, -0.2) is 0 Å². The molecule has 2 aliphatic rings.